The zero-order valence-corrected chi connectivity index (χ0v) is 27.7. The van der Waals surface area contributed by atoms with Gasteiger partial charge in [-0.1, -0.05) is 32.0 Å². The fourth-order valence-electron chi connectivity index (χ4n) is 6.67. The second kappa shape index (κ2) is 11.4. The number of thiophene rings is 1. The minimum atomic E-state index is -1.13. The van der Waals surface area contributed by atoms with E-state index in [9.17, 15) is 9.90 Å². The molecule has 0 aliphatic carbocycles. The third kappa shape index (κ3) is 5.92. The predicted octanol–water partition coefficient (Wildman–Crippen LogP) is 7.50. The van der Waals surface area contributed by atoms with Crippen molar-refractivity contribution in [1.82, 2.24) is 15.0 Å². The van der Waals surface area contributed by atoms with Crippen molar-refractivity contribution in [3.8, 4) is 11.1 Å². The van der Waals surface area contributed by atoms with Crippen LogP contribution in [-0.2, 0) is 22.5 Å². The number of carboxylic acid groups (broad SMARTS) is 1. The molecule has 1 saturated heterocycles. The Morgan fingerprint density at radius 2 is 1.77 bits per heavy atom. The van der Waals surface area contributed by atoms with E-state index in [4.69, 9.17) is 9.72 Å². The van der Waals surface area contributed by atoms with Gasteiger partial charge in [-0.15, -0.1) is 11.3 Å². The molecule has 44 heavy (non-hydrogen) atoms. The maximum atomic E-state index is 12.8. The van der Waals surface area contributed by atoms with Crippen molar-refractivity contribution in [3.63, 3.8) is 0 Å². The molecule has 8 nitrogen and oxygen atoms in total. The molecule has 2 aliphatic heterocycles. The molecule has 0 amide bonds. The summed E-state index contributed by atoms with van der Waals surface area (Å²) in [6.45, 7) is 17.7. The molecule has 5 heterocycles. The second-order valence-electron chi connectivity index (χ2n) is 14.0. The number of carboxylic acids is 1. The molecule has 1 N–H and O–H groups in total. The molecule has 0 bridgehead atoms. The van der Waals surface area contributed by atoms with Gasteiger partial charge in [0.2, 0.25) is 0 Å². The SMILES string of the molecule is Cc1nc(C)c([C@H](OC(C)(C)C)C(=O)O)c(N2CCC(C)(C)CC2)c1-c1ccc2c(c1)CCN(c1ncnc3sccc13)C2. The molecule has 1 aromatic carbocycles. The van der Waals surface area contributed by atoms with Gasteiger partial charge in [-0.3, -0.25) is 4.98 Å². The Labute approximate surface area is 264 Å². The van der Waals surface area contributed by atoms with Crippen molar-refractivity contribution in [2.75, 3.05) is 29.4 Å². The van der Waals surface area contributed by atoms with Crippen molar-refractivity contribution in [3.05, 3.63) is 64.1 Å². The average molecular weight is 614 g/mol. The highest BCUT2D eigenvalue weighted by molar-refractivity contribution is 7.16. The Balaban J connectivity index is 1.44. The third-order valence-electron chi connectivity index (χ3n) is 9.02. The third-order valence-corrected chi connectivity index (χ3v) is 9.84. The largest absolute Gasteiger partial charge is 0.479 e. The summed E-state index contributed by atoms with van der Waals surface area (Å²) in [7, 11) is 0. The lowest BCUT2D eigenvalue weighted by Gasteiger charge is -2.41. The number of fused-ring (bicyclic) bond motifs is 2. The normalized spacial score (nSPS) is 17.5. The van der Waals surface area contributed by atoms with Crippen molar-refractivity contribution < 1.29 is 14.6 Å². The number of carbonyl (C=O) groups is 1. The quantitative estimate of drug-likeness (QED) is 0.239. The first-order chi connectivity index (χ1) is 20.8. The molecular formula is C35H43N5O3S. The van der Waals surface area contributed by atoms with Gasteiger partial charge in [-0.05, 0) is 87.4 Å². The summed E-state index contributed by atoms with van der Waals surface area (Å²) in [6.07, 6.45) is 3.49. The van der Waals surface area contributed by atoms with E-state index in [0.29, 0.717) is 11.3 Å². The van der Waals surface area contributed by atoms with E-state index in [1.807, 2.05) is 34.6 Å². The molecule has 232 valence electrons. The number of pyridine rings is 1. The summed E-state index contributed by atoms with van der Waals surface area (Å²) in [6, 6.07) is 8.82. The van der Waals surface area contributed by atoms with E-state index in [1.54, 1.807) is 17.7 Å². The lowest BCUT2D eigenvalue weighted by Crippen LogP contribution is -2.39. The molecule has 1 atom stereocenters. The van der Waals surface area contributed by atoms with Crippen LogP contribution in [0.1, 0.15) is 81.6 Å². The number of piperidine rings is 1. The monoisotopic (exact) mass is 613 g/mol. The maximum absolute atomic E-state index is 12.8. The number of nitrogens with zero attached hydrogens (tertiary/aromatic N) is 5. The van der Waals surface area contributed by atoms with Crippen molar-refractivity contribution in [2.45, 2.75) is 86.0 Å². The maximum Gasteiger partial charge on any atom is 0.337 e. The predicted molar refractivity (Wildman–Crippen MR) is 178 cm³/mol. The molecular weight excluding hydrogens is 570 g/mol. The highest BCUT2D eigenvalue weighted by atomic mass is 32.1. The number of aromatic nitrogens is 3. The van der Waals surface area contributed by atoms with Crippen molar-refractivity contribution in [1.29, 1.82) is 0 Å². The highest BCUT2D eigenvalue weighted by Gasteiger charge is 2.36. The minimum absolute atomic E-state index is 0.248. The summed E-state index contributed by atoms with van der Waals surface area (Å²) >= 11 is 1.64. The Bertz CT molecular complexity index is 1710. The molecule has 3 aromatic heterocycles. The highest BCUT2D eigenvalue weighted by Crippen LogP contribution is 2.45. The van der Waals surface area contributed by atoms with Gasteiger partial charge in [-0.2, -0.15) is 0 Å². The van der Waals surface area contributed by atoms with E-state index in [1.165, 1.54) is 11.1 Å². The van der Waals surface area contributed by atoms with Crippen LogP contribution in [0.2, 0.25) is 0 Å². The summed E-state index contributed by atoms with van der Waals surface area (Å²) in [5, 5.41) is 13.7. The van der Waals surface area contributed by atoms with Gasteiger partial charge in [0.1, 0.15) is 17.0 Å². The van der Waals surface area contributed by atoms with Crippen LogP contribution >= 0.6 is 11.3 Å². The fraction of sp³-hybridized carbons (Fsp3) is 0.486. The number of aryl methyl sites for hydroxylation is 2. The number of benzene rings is 1. The molecule has 4 aromatic rings. The zero-order valence-electron chi connectivity index (χ0n) is 26.9. The van der Waals surface area contributed by atoms with E-state index < -0.39 is 17.7 Å². The van der Waals surface area contributed by atoms with E-state index in [0.717, 1.165) is 84.0 Å². The Morgan fingerprint density at radius 3 is 2.48 bits per heavy atom. The number of anilines is 2. The molecule has 9 heteroatoms. The molecule has 0 spiro atoms. The summed E-state index contributed by atoms with van der Waals surface area (Å²) in [5.41, 5.74) is 7.52. The number of ether oxygens (including phenoxy) is 1. The van der Waals surface area contributed by atoms with Crippen LogP contribution < -0.4 is 9.80 Å². The van der Waals surface area contributed by atoms with Gasteiger partial charge >= 0.3 is 5.97 Å². The van der Waals surface area contributed by atoms with Crippen LogP contribution in [0, 0.1) is 19.3 Å². The number of hydrogen-bond acceptors (Lipinski definition) is 8. The number of rotatable bonds is 6. The standard InChI is InChI=1S/C35H43N5O3S/c1-21-27(24-8-9-25-19-40(14-10-23(25)18-24)31-26-11-17-44-32(26)37-20-36-31)29(39-15-12-35(6,7)13-16-39)28(22(2)38-21)30(33(41)42)43-34(3,4)5/h8-9,11,17-18,20,30H,10,12-16,19H2,1-7H3,(H,41,42)/t30-/m0/s1. The smallest absolute Gasteiger partial charge is 0.337 e. The molecule has 0 radical (unpaired) electrons. The van der Waals surface area contributed by atoms with Gasteiger partial charge in [-0.25, -0.2) is 14.8 Å². The lowest BCUT2D eigenvalue weighted by molar-refractivity contribution is -0.160. The van der Waals surface area contributed by atoms with Crippen LogP contribution in [-0.4, -0.2) is 51.3 Å². The zero-order chi connectivity index (χ0) is 31.4. The van der Waals surface area contributed by atoms with E-state index in [-0.39, 0.29) is 5.41 Å². The number of aliphatic carboxylic acids is 1. The molecule has 0 unspecified atom stereocenters. The van der Waals surface area contributed by atoms with Crippen LogP contribution in [0.15, 0.2) is 36.0 Å². The molecule has 1 fully saturated rings. The Kier molecular flexibility index (Phi) is 7.91. The lowest BCUT2D eigenvalue weighted by atomic mass is 9.81. The molecule has 2 aliphatic rings. The van der Waals surface area contributed by atoms with Crippen LogP contribution in [0.3, 0.4) is 0 Å². The second-order valence-corrected chi connectivity index (χ2v) is 14.9. The Morgan fingerprint density at radius 1 is 1.02 bits per heavy atom. The van der Waals surface area contributed by atoms with Gasteiger partial charge in [0.25, 0.3) is 0 Å². The first-order valence-electron chi connectivity index (χ1n) is 15.5. The molecule has 6 rings (SSSR count). The van der Waals surface area contributed by atoms with E-state index in [2.05, 4.69) is 63.3 Å². The minimum Gasteiger partial charge on any atom is -0.479 e. The first kappa shape index (κ1) is 30.5. The van der Waals surface area contributed by atoms with Crippen LogP contribution in [0.4, 0.5) is 11.5 Å². The van der Waals surface area contributed by atoms with Crippen LogP contribution in [0.25, 0.3) is 21.3 Å². The van der Waals surface area contributed by atoms with Gasteiger partial charge in [0.15, 0.2) is 6.10 Å². The summed E-state index contributed by atoms with van der Waals surface area (Å²) in [5.74, 6) is -0.00346. The summed E-state index contributed by atoms with van der Waals surface area (Å²) in [4.78, 5) is 32.6. The fourth-order valence-corrected chi connectivity index (χ4v) is 7.40. The van der Waals surface area contributed by atoms with Gasteiger partial charge < -0.3 is 19.6 Å². The topological polar surface area (TPSA) is 91.7 Å². The molecule has 0 saturated carbocycles. The van der Waals surface area contributed by atoms with Gasteiger partial charge in [0.05, 0.1) is 16.7 Å². The van der Waals surface area contributed by atoms with Gasteiger partial charge in [0, 0.05) is 48.7 Å². The van der Waals surface area contributed by atoms with Crippen molar-refractivity contribution >= 4 is 39.0 Å². The average Bonchev–Trinajstić information content (AvgIpc) is 3.44. The van der Waals surface area contributed by atoms with E-state index >= 15 is 0 Å². The van der Waals surface area contributed by atoms with Crippen LogP contribution in [0.5, 0.6) is 0 Å². The first-order valence-corrected chi connectivity index (χ1v) is 16.4. The van der Waals surface area contributed by atoms with Crippen molar-refractivity contribution in [2.24, 2.45) is 5.41 Å². The summed E-state index contributed by atoms with van der Waals surface area (Å²) < 4.78 is 6.26. The number of hydrogen-bond donors (Lipinski definition) is 1. The Hall–Kier alpha value is -3.56.